The zero-order chi connectivity index (χ0) is 22.0. The number of nitrogens with zero attached hydrogens (tertiary/aromatic N) is 1. The van der Waals surface area contributed by atoms with Gasteiger partial charge in [0.1, 0.15) is 6.54 Å². The summed E-state index contributed by atoms with van der Waals surface area (Å²) in [6.07, 6.45) is -3.02. The van der Waals surface area contributed by atoms with Crippen LogP contribution in [0.2, 0.25) is 0 Å². The minimum Gasteiger partial charge on any atom is -0.618 e. The van der Waals surface area contributed by atoms with Gasteiger partial charge >= 0.3 is 6.18 Å². The molecule has 1 N–H and O–H groups in total. The van der Waals surface area contributed by atoms with E-state index in [1.807, 2.05) is 12.1 Å². The van der Waals surface area contributed by atoms with Crippen molar-refractivity contribution in [3.63, 3.8) is 0 Å². The normalized spacial score (nSPS) is 11.5. The van der Waals surface area contributed by atoms with Crippen LogP contribution in [-0.4, -0.2) is 5.91 Å². The third-order valence-electron chi connectivity index (χ3n) is 5.00. The summed E-state index contributed by atoms with van der Waals surface area (Å²) in [5.41, 5.74) is 1.56. The zero-order valence-corrected chi connectivity index (χ0v) is 16.2. The van der Waals surface area contributed by atoms with Crippen LogP contribution >= 0.6 is 0 Å². The Hall–Kier alpha value is -3.87. The molecular formula is C24H17F3N2O2. The minimum atomic E-state index is -4.38. The Bertz CT molecular complexity index is 1250. The highest BCUT2D eigenvalue weighted by Crippen LogP contribution is 2.33. The van der Waals surface area contributed by atoms with Crippen LogP contribution in [0, 0.1) is 5.21 Å². The standard InChI is InChI=1S/C24H17F3N2O2/c25-24(26,27)19-10-7-16(8-11-19)21-6-3-4-17-14-18(9-12-22(17)21)23(30)28-15-20-5-1-2-13-29(20)31/h1-14H,15H2,(H,28,30). The number of carbonyl (C=O) groups excluding carboxylic acids is 1. The number of rotatable bonds is 4. The quantitative estimate of drug-likeness (QED) is 0.368. The van der Waals surface area contributed by atoms with Gasteiger partial charge in [-0.3, -0.25) is 4.79 Å². The molecule has 0 saturated carbocycles. The van der Waals surface area contributed by atoms with E-state index in [2.05, 4.69) is 5.32 Å². The van der Waals surface area contributed by atoms with Gasteiger partial charge in [0.05, 0.1) is 5.56 Å². The fraction of sp³-hybridized carbons (Fsp3) is 0.0833. The van der Waals surface area contributed by atoms with Gasteiger partial charge < -0.3 is 10.5 Å². The van der Waals surface area contributed by atoms with Crippen LogP contribution < -0.4 is 10.0 Å². The summed E-state index contributed by atoms with van der Waals surface area (Å²) >= 11 is 0. The Kier molecular flexibility index (Phi) is 5.33. The smallest absolute Gasteiger partial charge is 0.416 e. The molecule has 0 aliphatic heterocycles. The van der Waals surface area contributed by atoms with Gasteiger partial charge in [-0.05, 0) is 52.2 Å². The number of carbonyl (C=O) groups is 1. The average molecular weight is 422 g/mol. The fourth-order valence-electron chi connectivity index (χ4n) is 3.39. The molecule has 156 valence electrons. The van der Waals surface area contributed by atoms with E-state index in [-0.39, 0.29) is 12.5 Å². The van der Waals surface area contributed by atoms with Crippen molar-refractivity contribution in [2.45, 2.75) is 12.7 Å². The maximum Gasteiger partial charge on any atom is 0.416 e. The van der Waals surface area contributed by atoms with Crippen molar-refractivity contribution in [2.24, 2.45) is 0 Å². The van der Waals surface area contributed by atoms with Gasteiger partial charge in [0.15, 0.2) is 6.20 Å². The maximum atomic E-state index is 12.8. The SMILES string of the molecule is O=C(NCc1cccc[n+]1[O-])c1ccc2c(-c3ccc(C(F)(F)F)cc3)cccc2c1. The number of nitrogens with one attached hydrogen (secondary N) is 1. The topological polar surface area (TPSA) is 56.0 Å². The molecular weight excluding hydrogens is 405 g/mol. The molecule has 1 aromatic heterocycles. The van der Waals surface area contributed by atoms with Crippen molar-refractivity contribution in [1.29, 1.82) is 0 Å². The van der Waals surface area contributed by atoms with Crippen LogP contribution in [-0.2, 0) is 12.7 Å². The minimum absolute atomic E-state index is 0.0901. The number of hydrogen-bond donors (Lipinski definition) is 1. The Labute approximate surface area is 176 Å². The Balaban J connectivity index is 1.59. The molecule has 0 atom stereocenters. The van der Waals surface area contributed by atoms with Crippen LogP contribution in [0.1, 0.15) is 21.6 Å². The van der Waals surface area contributed by atoms with E-state index >= 15 is 0 Å². The summed E-state index contributed by atoms with van der Waals surface area (Å²) in [6.45, 7) is 0.0901. The summed E-state index contributed by atoms with van der Waals surface area (Å²) < 4.78 is 39.2. The van der Waals surface area contributed by atoms with Crippen LogP contribution in [0.5, 0.6) is 0 Å². The Morgan fingerprint density at radius 2 is 1.71 bits per heavy atom. The number of fused-ring (bicyclic) bond motifs is 1. The first-order valence-corrected chi connectivity index (χ1v) is 9.48. The Morgan fingerprint density at radius 3 is 2.42 bits per heavy atom. The summed E-state index contributed by atoms with van der Waals surface area (Å²) in [4.78, 5) is 12.5. The molecule has 4 aromatic rings. The second-order valence-corrected chi connectivity index (χ2v) is 7.02. The van der Waals surface area contributed by atoms with Crippen molar-refractivity contribution in [3.8, 4) is 11.1 Å². The molecule has 0 aliphatic rings. The van der Waals surface area contributed by atoms with E-state index in [0.717, 1.165) is 28.5 Å². The van der Waals surface area contributed by atoms with E-state index in [1.54, 1.807) is 42.5 Å². The molecule has 31 heavy (non-hydrogen) atoms. The van der Waals surface area contributed by atoms with Crippen LogP contribution in [0.4, 0.5) is 13.2 Å². The van der Waals surface area contributed by atoms with E-state index in [4.69, 9.17) is 0 Å². The lowest BCUT2D eigenvalue weighted by atomic mass is 9.96. The largest absolute Gasteiger partial charge is 0.618 e. The predicted molar refractivity (Wildman–Crippen MR) is 111 cm³/mol. The number of pyridine rings is 1. The molecule has 0 saturated heterocycles. The summed E-state index contributed by atoms with van der Waals surface area (Å²) in [6, 6.07) is 20.5. The highest BCUT2D eigenvalue weighted by Gasteiger charge is 2.30. The molecule has 1 heterocycles. The molecule has 0 unspecified atom stereocenters. The maximum absolute atomic E-state index is 12.8. The van der Waals surface area contributed by atoms with Crippen molar-refractivity contribution in [1.82, 2.24) is 5.32 Å². The van der Waals surface area contributed by atoms with E-state index < -0.39 is 11.7 Å². The number of amides is 1. The van der Waals surface area contributed by atoms with Gasteiger partial charge in [-0.1, -0.05) is 36.4 Å². The molecule has 3 aromatic carbocycles. The van der Waals surface area contributed by atoms with Crippen LogP contribution in [0.3, 0.4) is 0 Å². The molecule has 0 spiro atoms. The van der Waals surface area contributed by atoms with Gasteiger partial charge in [-0.15, -0.1) is 0 Å². The van der Waals surface area contributed by atoms with Gasteiger partial charge in [0.25, 0.3) is 5.91 Å². The third kappa shape index (κ3) is 4.35. The molecule has 0 aliphatic carbocycles. The van der Waals surface area contributed by atoms with E-state index in [0.29, 0.717) is 21.6 Å². The number of hydrogen-bond acceptors (Lipinski definition) is 2. The van der Waals surface area contributed by atoms with Crippen molar-refractivity contribution in [3.05, 3.63) is 107 Å². The molecule has 0 fully saturated rings. The highest BCUT2D eigenvalue weighted by molar-refractivity contribution is 6.02. The Morgan fingerprint density at radius 1 is 0.935 bits per heavy atom. The van der Waals surface area contributed by atoms with E-state index in [9.17, 15) is 23.2 Å². The molecule has 4 rings (SSSR count). The van der Waals surface area contributed by atoms with Crippen LogP contribution in [0.15, 0.2) is 85.1 Å². The van der Waals surface area contributed by atoms with E-state index in [1.165, 1.54) is 18.3 Å². The lowest BCUT2D eigenvalue weighted by Crippen LogP contribution is -2.35. The first-order chi connectivity index (χ1) is 14.8. The van der Waals surface area contributed by atoms with Gasteiger partial charge in [0.2, 0.25) is 5.69 Å². The number of alkyl halides is 3. The molecule has 4 nitrogen and oxygen atoms in total. The molecule has 7 heteroatoms. The number of halogens is 3. The summed E-state index contributed by atoms with van der Waals surface area (Å²) in [7, 11) is 0. The monoisotopic (exact) mass is 422 g/mol. The fourth-order valence-corrected chi connectivity index (χ4v) is 3.39. The molecule has 0 bridgehead atoms. The lowest BCUT2D eigenvalue weighted by Gasteiger charge is -2.11. The molecule has 0 radical (unpaired) electrons. The van der Waals surface area contributed by atoms with Crippen molar-refractivity contribution >= 4 is 16.7 Å². The first-order valence-electron chi connectivity index (χ1n) is 9.48. The van der Waals surface area contributed by atoms with Crippen LogP contribution in [0.25, 0.3) is 21.9 Å². The summed E-state index contributed by atoms with van der Waals surface area (Å²) in [5, 5.41) is 16.0. The predicted octanol–water partition coefficient (Wildman–Crippen LogP) is 5.09. The molecule has 1 amide bonds. The van der Waals surface area contributed by atoms with Gasteiger partial charge in [-0.2, -0.15) is 17.9 Å². The van der Waals surface area contributed by atoms with Gasteiger partial charge in [0, 0.05) is 17.7 Å². The van der Waals surface area contributed by atoms with Crippen molar-refractivity contribution in [2.75, 3.05) is 0 Å². The number of benzene rings is 3. The zero-order valence-electron chi connectivity index (χ0n) is 16.2. The van der Waals surface area contributed by atoms with Crippen molar-refractivity contribution < 1.29 is 22.7 Å². The summed E-state index contributed by atoms with van der Waals surface area (Å²) in [5.74, 6) is -0.328. The second-order valence-electron chi connectivity index (χ2n) is 7.02. The second kappa shape index (κ2) is 8.10. The lowest BCUT2D eigenvalue weighted by molar-refractivity contribution is -0.614. The first kappa shape index (κ1) is 20.4. The van der Waals surface area contributed by atoms with Gasteiger partial charge in [-0.25, -0.2) is 0 Å². The highest BCUT2D eigenvalue weighted by atomic mass is 19.4. The third-order valence-corrected chi connectivity index (χ3v) is 5.00. The average Bonchev–Trinajstić information content (AvgIpc) is 2.77. The number of aromatic nitrogens is 1.